The molecule has 0 radical (unpaired) electrons. The fourth-order valence-corrected chi connectivity index (χ4v) is 6.91. The lowest BCUT2D eigenvalue weighted by Crippen LogP contribution is -2.15. The maximum atomic E-state index is 14.3. The van der Waals surface area contributed by atoms with Crippen LogP contribution in [-0.4, -0.2) is 21.8 Å². The molecule has 6 aromatic carbocycles. The summed E-state index contributed by atoms with van der Waals surface area (Å²) in [6.07, 6.45) is 0. The number of fused-ring (bicyclic) bond motifs is 2. The summed E-state index contributed by atoms with van der Waals surface area (Å²) in [6.45, 7) is 0. The number of halogens is 2. The molecule has 0 aliphatic carbocycles. The lowest BCUT2D eigenvalue weighted by molar-refractivity contribution is 0.102. The van der Waals surface area contributed by atoms with Crippen molar-refractivity contribution in [2.75, 3.05) is 10.6 Å². The summed E-state index contributed by atoms with van der Waals surface area (Å²) in [4.78, 5) is 38.1. The number of hydrogen-bond acceptors (Lipinski definition) is 6. The Labute approximate surface area is 327 Å². The number of carbonyl (C=O) groups is 2. The number of azo groups is 1. The van der Waals surface area contributed by atoms with Crippen LogP contribution in [0.25, 0.3) is 44.3 Å². The van der Waals surface area contributed by atoms with Gasteiger partial charge in [-0.05, 0) is 78.9 Å². The van der Waals surface area contributed by atoms with E-state index in [-0.39, 0.29) is 11.8 Å². The first-order valence-corrected chi connectivity index (χ1v) is 18.5. The normalized spacial score (nSPS) is 11.2. The zero-order valence-electron chi connectivity index (χ0n) is 28.4. The Balaban J connectivity index is 1.17. The molecule has 0 spiro atoms. The third kappa shape index (κ3) is 7.57. The molecule has 260 valence electrons. The van der Waals surface area contributed by atoms with E-state index in [0.29, 0.717) is 67.1 Å². The Morgan fingerprint density at radius 2 is 1.04 bits per heavy atom. The molecule has 2 aromatic heterocycles. The van der Waals surface area contributed by atoms with Crippen LogP contribution in [0, 0.1) is 0 Å². The van der Waals surface area contributed by atoms with Crippen molar-refractivity contribution in [2.45, 2.75) is 0 Å². The van der Waals surface area contributed by atoms with Gasteiger partial charge in [0.2, 0.25) is 0 Å². The van der Waals surface area contributed by atoms with Gasteiger partial charge in [0.05, 0.1) is 44.9 Å². The number of hydrogen-bond donors (Lipinski definition) is 2. The number of para-hydroxylation sites is 2. The highest BCUT2D eigenvalue weighted by atomic mass is 79.9. The van der Waals surface area contributed by atoms with Crippen LogP contribution in [0.1, 0.15) is 20.7 Å². The lowest BCUT2D eigenvalue weighted by atomic mass is 10.0. The van der Waals surface area contributed by atoms with Crippen LogP contribution < -0.4 is 10.6 Å². The molecule has 8 nitrogen and oxygen atoms in total. The van der Waals surface area contributed by atoms with Crippen molar-refractivity contribution in [3.63, 3.8) is 0 Å². The average Bonchev–Trinajstić information content (AvgIpc) is 3.20. The monoisotopic (exact) mass is 830 g/mol. The number of nitrogens with one attached hydrogen (secondary N) is 2. The Morgan fingerprint density at radius 1 is 0.500 bits per heavy atom. The summed E-state index contributed by atoms with van der Waals surface area (Å²) in [5.41, 5.74) is 7.16. The van der Waals surface area contributed by atoms with Gasteiger partial charge in [-0.1, -0.05) is 111 Å². The quantitative estimate of drug-likeness (QED) is 0.149. The highest BCUT2D eigenvalue weighted by Gasteiger charge is 2.19. The van der Waals surface area contributed by atoms with E-state index < -0.39 is 0 Å². The molecule has 0 bridgehead atoms. The van der Waals surface area contributed by atoms with Gasteiger partial charge < -0.3 is 10.6 Å². The number of rotatable bonds is 8. The standard InChI is InChI=1S/C44H28Br2N6O2/c45-29-12-8-10-27(22-29)40-25-35(33-16-4-6-18-37(33)48-40)43(53)47-32-20-21-39(52-51-31-14-2-1-3-15-31)42(24-32)50-44(54)36-26-41(28-11-9-13-30(46)23-28)49-38-19-7-5-17-34(36)38/h1-26H,(H,47,53)(H,50,54). The predicted molar refractivity (Wildman–Crippen MR) is 223 cm³/mol. The summed E-state index contributed by atoms with van der Waals surface area (Å²) in [5, 5.41) is 16.4. The zero-order valence-corrected chi connectivity index (χ0v) is 31.5. The largest absolute Gasteiger partial charge is 0.322 e. The van der Waals surface area contributed by atoms with Crippen molar-refractivity contribution < 1.29 is 9.59 Å². The van der Waals surface area contributed by atoms with E-state index in [4.69, 9.17) is 9.97 Å². The highest BCUT2D eigenvalue weighted by Crippen LogP contribution is 2.34. The first-order valence-electron chi connectivity index (χ1n) is 16.9. The van der Waals surface area contributed by atoms with Gasteiger partial charge >= 0.3 is 0 Å². The van der Waals surface area contributed by atoms with E-state index in [1.54, 1.807) is 30.3 Å². The van der Waals surface area contributed by atoms with E-state index >= 15 is 0 Å². The van der Waals surface area contributed by atoms with Crippen molar-refractivity contribution in [3.05, 3.63) is 178 Å². The number of benzene rings is 6. The van der Waals surface area contributed by atoms with Crippen molar-refractivity contribution in [1.29, 1.82) is 0 Å². The fraction of sp³-hybridized carbons (Fsp3) is 0. The van der Waals surface area contributed by atoms with Gasteiger partial charge in [0, 0.05) is 36.5 Å². The molecule has 0 saturated heterocycles. The van der Waals surface area contributed by atoms with Crippen LogP contribution in [0.15, 0.2) is 177 Å². The molecule has 2 amide bonds. The summed E-state index contributed by atoms with van der Waals surface area (Å²) >= 11 is 7.09. The SMILES string of the molecule is O=C(Nc1ccc(N=Nc2ccccc2)c(NC(=O)c2cc(-c3cccc(Br)c3)nc3ccccc23)c1)c1cc(-c2cccc(Br)c2)nc2ccccc12. The maximum Gasteiger partial charge on any atom is 0.256 e. The number of amides is 2. The third-order valence-electron chi connectivity index (χ3n) is 8.69. The molecular formula is C44H28Br2N6O2. The van der Waals surface area contributed by atoms with Crippen molar-refractivity contribution in [3.8, 4) is 22.5 Å². The number of pyridine rings is 2. The smallest absolute Gasteiger partial charge is 0.256 e. The minimum atomic E-state index is -0.372. The first-order chi connectivity index (χ1) is 26.4. The molecule has 0 saturated carbocycles. The molecule has 2 heterocycles. The second kappa shape index (κ2) is 15.3. The molecule has 8 rings (SSSR count). The second-order valence-corrected chi connectivity index (χ2v) is 14.2. The molecule has 0 atom stereocenters. The summed E-state index contributed by atoms with van der Waals surface area (Å²) in [7, 11) is 0. The topological polar surface area (TPSA) is 109 Å². The second-order valence-electron chi connectivity index (χ2n) is 12.3. The molecule has 0 fully saturated rings. The van der Waals surface area contributed by atoms with Gasteiger partial charge in [-0.2, -0.15) is 5.11 Å². The van der Waals surface area contributed by atoms with Gasteiger partial charge in [0.15, 0.2) is 0 Å². The minimum Gasteiger partial charge on any atom is -0.322 e. The summed E-state index contributed by atoms with van der Waals surface area (Å²) < 4.78 is 1.81. The Kier molecular flexibility index (Phi) is 9.85. The first kappa shape index (κ1) is 34.7. The maximum absolute atomic E-state index is 14.3. The van der Waals surface area contributed by atoms with E-state index in [0.717, 1.165) is 20.1 Å². The van der Waals surface area contributed by atoms with Crippen LogP contribution in [0.4, 0.5) is 22.7 Å². The van der Waals surface area contributed by atoms with Crippen LogP contribution >= 0.6 is 31.9 Å². The van der Waals surface area contributed by atoms with Gasteiger partial charge in [0.1, 0.15) is 5.69 Å². The van der Waals surface area contributed by atoms with Gasteiger partial charge in [-0.25, -0.2) is 9.97 Å². The number of nitrogens with zero attached hydrogens (tertiary/aromatic N) is 4. The lowest BCUT2D eigenvalue weighted by Gasteiger charge is -2.14. The number of anilines is 2. The Hall–Kier alpha value is -6.36. The van der Waals surface area contributed by atoms with Gasteiger partial charge in [-0.15, -0.1) is 5.11 Å². The van der Waals surface area contributed by atoms with Crippen molar-refractivity contribution in [2.24, 2.45) is 10.2 Å². The van der Waals surface area contributed by atoms with Crippen LogP contribution in [-0.2, 0) is 0 Å². The molecule has 54 heavy (non-hydrogen) atoms. The Morgan fingerprint density at radius 3 is 1.61 bits per heavy atom. The molecule has 2 N–H and O–H groups in total. The van der Waals surface area contributed by atoms with Crippen LogP contribution in [0.3, 0.4) is 0 Å². The van der Waals surface area contributed by atoms with Crippen molar-refractivity contribution >= 4 is 88.2 Å². The highest BCUT2D eigenvalue weighted by molar-refractivity contribution is 9.10. The summed E-state index contributed by atoms with van der Waals surface area (Å²) in [5.74, 6) is -0.706. The van der Waals surface area contributed by atoms with Gasteiger partial charge in [-0.3, -0.25) is 9.59 Å². The minimum absolute atomic E-state index is 0.334. The number of carbonyl (C=O) groups excluding carboxylic acids is 2. The van der Waals surface area contributed by atoms with E-state index in [2.05, 4.69) is 52.7 Å². The number of aromatic nitrogens is 2. The van der Waals surface area contributed by atoms with E-state index in [9.17, 15) is 9.59 Å². The fourth-order valence-electron chi connectivity index (χ4n) is 6.11. The van der Waals surface area contributed by atoms with Crippen molar-refractivity contribution in [1.82, 2.24) is 9.97 Å². The Bertz CT molecular complexity index is 2750. The average molecular weight is 833 g/mol. The third-order valence-corrected chi connectivity index (χ3v) is 9.68. The molecule has 8 aromatic rings. The van der Waals surface area contributed by atoms with E-state index in [1.807, 2.05) is 127 Å². The van der Waals surface area contributed by atoms with Crippen LogP contribution in [0.2, 0.25) is 0 Å². The zero-order chi connectivity index (χ0) is 37.0. The van der Waals surface area contributed by atoms with Crippen LogP contribution in [0.5, 0.6) is 0 Å². The van der Waals surface area contributed by atoms with Gasteiger partial charge in [0.25, 0.3) is 11.8 Å². The predicted octanol–water partition coefficient (Wildman–Crippen LogP) is 12.6. The van der Waals surface area contributed by atoms with E-state index in [1.165, 1.54) is 0 Å². The molecule has 0 aliphatic heterocycles. The molecule has 10 heteroatoms. The molecular weight excluding hydrogens is 804 g/mol. The molecule has 0 aliphatic rings. The summed E-state index contributed by atoms with van der Waals surface area (Å²) in [6, 6.07) is 48.7. The molecule has 0 unspecified atom stereocenters.